The highest BCUT2D eigenvalue weighted by atomic mass is 35.5. The Bertz CT molecular complexity index is 672. The molecule has 0 unspecified atom stereocenters. The zero-order valence-electron chi connectivity index (χ0n) is 16.0. The van der Waals surface area contributed by atoms with Gasteiger partial charge < -0.3 is 10.1 Å². The second kappa shape index (κ2) is 11.0. The van der Waals surface area contributed by atoms with Crippen LogP contribution in [0.2, 0.25) is 0 Å². The van der Waals surface area contributed by atoms with E-state index in [4.69, 9.17) is 4.74 Å². The van der Waals surface area contributed by atoms with E-state index in [1.165, 1.54) is 29.2 Å². The van der Waals surface area contributed by atoms with Crippen molar-refractivity contribution in [1.29, 1.82) is 0 Å². The molecule has 146 valence electrons. The molecule has 1 atom stereocenters. The number of ether oxygens (including phenoxy) is 1. The van der Waals surface area contributed by atoms with E-state index >= 15 is 0 Å². The molecule has 0 spiro atoms. The Kier molecular flexibility index (Phi) is 9.73. The molecule has 2 aromatic rings. The molecule has 1 N–H and O–H groups in total. The standard InChI is InChI=1S/C21H30N2O.2ClH/c1-16(2)8-10-19(23-14-12-22-13-15-23)21-18-7-5-4-6-17(18)9-11-20(21)24-3;;/h4-7,9,11,16,19,22H,8,10,12-15H2,1-3H3;2*1H/t19-;;/m0../s1. The molecule has 26 heavy (non-hydrogen) atoms. The molecule has 1 heterocycles. The van der Waals surface area contributed by atoms with Gasteiger partial charge in [-0.25, -0.2) is 0 Å². The van der Waals surface area contributed by atoms with E-state index in [0.29, 0.717) is 6.04 Å². The highest BCUT2D eigenvalue weighted by Gasteiger charge is 2.26. The van der Waals surface area contributed by atoms with Crippen molar-refractivity contribution in [3.8, 4) is 5.75 Å². The van der Waals surface area contributed by atoms with Gasteiger partial charge in [0.2, 0.25) is 0 Å². The number of rotatable bonds is 6. The van der Waals surface area contributed by atoms with Gasteiger partial charge in [0.05, 0.1) is 7.11 Å². The predicted molar refractivity (Wildman–Crippen MR) is 116 cm³/mol. The zero-order valence-corrected chi connectivity index (χ0v) is 17.7. The van der Waals surface area contributed by atoms with Crippen LogP contribution in [0, 0.1) is 5.92 Å². The van der Waals surface area contributed by atoms with E-state index in [9.17, 15) is 0 Å². The Morgan fingerprint density at radius 1 is 1.00 bits per heavy atom. The molecular weight excluding hydrogens is 367 g/mol. The van der Waals surface area contributed by atoms with Crippen molar-refractivity contribution < 1.29 is 4.74 Å². The highest BCUT2D eigenvalue weighted by Crippen LogP contribution is 2.39. The van der Waals surface area contributed by atoms with Crippen molar-refractivity contribution in [1.82, 2.24) is 10.2 Å². The zero-order chi connectivity index (χ0) is 16.9. The number of nitrogens with zero attached hydrogens (tertiary/aromatic N) is 1. The molecule has 1 aliphatic heterocycles. The van der Waals surface area contributed by atoms with Crippen molar-refractivity contribution in [3.63, 3.8) is 0 Å². The minimum atomic E-state index is 0. The van der Waals surface area contributed by atoms with Crippen molar-refractivity contribution >= 4 is 35.6 Å². The Labute approximate surface area is 170 Å². The average molecular weight is 399 g/mol. The van der Waals surface area contributed by atoms with Crippen molar-refractivity contribution in [2.24, 2.45) is 5.92 Å². The molecule has 0 radical (unpaired) electrons. The first kappa shape index (κ1) is 23.0. The highest BCUT2D eigenvalue weighted by molar-refractivity contribution is 5.88. The summed E-state index contributed by atoms with van der Waals surface area (Å²) in [5.74, 6) is 1.75. The third-order valence-corrected chi connectivity index (χ3v) is 5.09. The fraction of sp³-hybridized carbons (Fsp3) is 0.524. The van der Waals surface area contributed by atoms with Crippen LogP contribution in [0.15, 0.2) is 36.4 Å². The van der Waals surface area contributed by atoms with Gasteiger partial charge in [-0.05, 0) is 35.6 Å². The van der Waals surface area contributed by atoms with Gasteiger partial charge in [-0.1, -0.05) is 44.2 Å². The lowest BCUT2D eigenvalue weighted by Crippen LogP contribution is -2.45. The molecule has 5 heteroatoms. The molecule has 0 saturated carbocycles. The number of piperazine rings is 1. The molecule has 0 amide bonds. The fourth-order valence-electron chi connectivity index (χ4n) is 3.79. The minimum Gasteiger partial charge on any atom is -0.496 e. The minimum absolute atomic E-state index is 0. The number of halogens is 2. The predicted octanol–water partition coefficient (Wildman–Crippen LogP) is 5.07. The molecule has 2 aromatic carbocycles. The lowest BCUT2D eigenvalue weighted by atomic mass is 9.91. The number of fused-ring (bicyclic) bond motifs is 1. The van der Waals surface area contributed by atoms with Gasteiger partial charge in [-0.15, -0.1) is 24.8 Å². The van der Waals surface area contributed by atoms with Crippen LogP contribution in [0.4, 0.5) is 0 Å². The van der Waals surface area contributed by atoms with Crippen LogP contribution in [0.3, 0.4) is 0 Å². The summed E-state index contributed by atoms with van der Waals surface area (Å²) in [4.78, 5) is 2.64. The Morgan fingerprint density at radius 3 is 2.35 bits per heavy atom. The summed E-state index contributed by atoms with van der Waals surface area (Å²) in [7, 11) is 1.80. The first-order chi connectivity index (χ1) is 11.7. The van der Waals surface area contributed by atoms with Crippen molar-refractivity contribution in [3.05, 3.63) is 42.0 Å². The SMILES string of the molecule is COc1ccc2ccccc2c1[C@H](CCC(C)C)N1CCNCC1.Cl.Cl. The van der Waals surface area contributed by atoms with E-state index in [-0.39, 0.29) is 24.8 Å². The number of hydrogen-bond donors (Lipinski definition) is 1. The van der Waals surface area contributed by atoms with Gasteiger partial charge >= 0.3 is 0 Å². The lowest BCUT2D eigenvalue weighted by Gasteiger charge is -2.36. The summed E-state index contributed by atoms with van der Waals surface area (Å²) in [6.07, 6.45) is 2.42. The topological polar surface area (TPSA) is 24.5 Å². The second-order valence-electron chi connectivity index (χ2n) is 7.18. The summed E-state index contributed by atoms with van der Waals surface area (Å²) in [5, 5.41) is 6.12. The van der Waals surface area contributed by atoms with Crippen molar-refractivity contribution in [2.45, 2.75) is 32.7 Å². The average Bonchev–Trinajstić information content (AvgIpc) is 2.62. The lowest BCUT2D eigenvalue weighted by molar-refractivity contribution is 0.158. The molecule has 3 rings (SSSR count). The van der Waals surface area contributed by atoms with Gasteiger partial charge in [-0.3, -0.25) is 4.90 Å². The summed E-state index contributed by atoms with van der Waals surface area (Å²) in [5.41, 5.74) is 1.37. The van der Waals surface area contributed by atoms with Crippen LogP contribution in [0.5, 0.6) is 5.75 Å². The van der Waals surface area contributed by atoms with E-state index in [1.807, 2.05) is 0 Å². The smallest absolute Gasteiger partial charge is 0.124 e. The number of methoxy groups -OCH3 is 1. The molecule has 1 aliphatic rings. The third kappa shape index (κ3) is 5.26. The number of nitrogens with one attached hydrogen (secondary N) is 1. The summed E-state index contributed by atoms with van der Waals surface area (Å²) >= 11 is 0. The molecule has 0 aromatic heterocycles. The van der Waals surface area contributed by atoms with Crippen LogP contribution >= 0.6 is 24.8 Å². The molecule has 1 saturated heterocycles. The Morgan fingerprint density at radius 2 is 1.69 bits per heavy atom. The number of benzene rings is 2. The summed E-state index contributed by atoms with van der Waals surface area (Å²) < 4.78 is 5.79. The van der Waals surface area contributed by atoms with E-state index in [2.05, 4.69) is 60.5 Å². The second-order valence-corrected chi connectivity index (χ2v) is 7.18. The van der Waals surface area contributed by atoms with Gasteiger partial charge in [-0.2, -0.15) is 0 Å². The largest absolute Gasteiger partial charge is 0.496 e. The quantitative estimate of drug-likeness (QED) is 0.734. The first-order valence-corrected chi connectivity index (χ1v) is 9.21. The van der Waals surface area contributed by atoms with Gasteiger partial charge in [0.1, 0.15) is 5.75 Å². The fourth-order valence-corrected chi connectivity index (χ4v) is 3.79. The molecule has 3 nitrogen and oxygen atoms in total. The maximum atomic E-state index is 5.79. The summed E-state index contributed by atoms with van der Waals surface area (Å²) in [6, 6.07) is 13.5. The van der Waals surface area contributed by atoms with Crippen LogP contribution in [-0.4, -0.2) is 38.2 Å². The van der Waals surface area contributed by atoms with Crippen LogP contribution in [-0.2, 0) is 0 Å². The monoisotopic (exact) mass is 398 g/mol. The Balaban J connectivity index is 0.00000169. The first-order valence-electron chi connectivity index (χ1n) is 9.21. The van der Waals surface area contributed by atoms with Crippen molar-refractivity contribution in [2.75, 3.05) is 33.3 Å². The molecule has 0 aliphatic carbocycles. The van der Waals surface area contributed by atoms with Gasteiger partial charge in [0.15, 0.2) is 0 Å². The van der Waals surface area contributed by atoms with E-state index < -0.39 is 0 Å². The maximum absolute atomic E-state index is 5.79. The van der Waals surface area contributed by atoms with Crippen LogP contribution in [0.25, 0.3) is 10.8 Å². The molecular formula is C21H32Cl2N2O. The Hall–Kier alpha value is -1.00. The van der Waals surface area contributed by atoms with Crippen LogP contribution in [0.1, 0.15) is 38.3 Å². The van der Waals surface area contributed by atoms with E-state index in [1.54, 1.807) is 7.11 Å². The van der Waals surface area contributed by atoms with Gasteiger partial charge in [0.25, 0.3) is 0 Å². The normalized spacial score (nSPS) is 16.0. The van der Waals surface area contributed by atoms with Crippen LogP contribution < -0.4 is 10.1 Å². The molecule has 1 fully saturated rings. The van der Waals surface area contributed by atoms with E-state index in [0.717, 1.165) is 37.8 Å². The number of hydrogen-bond acceptors (Lipinski definition) is 3. The van der Waals surface area contributed by atoms with Gasteiger partial charge in [0, 0.05) is 37.8 Å². The molecule has 0 bridgehead atoms. The third-order valence-electron chi connectivity index (χ3n) is 5.09. The summed E-state index contributed by atoms with van der Waals surface area (Å²) in [6.45, 7) is 8.99. The maximum Gasteiger partial charge on any atom is 0.124 e.